The molecule has 0 bridgehead atoms. The van der Waals surface area contributed by atoms with Crippen molar-refractivity contribution >= 4 is 0 Å². The second kappa shape index (κ2) is 8.24. The lowest BCUT2D eigenvalue weighted by Crippen LogP contribution is -2.34. The third-order valence-electron chi connectivity index (χ3n) is 3.35. The summed E-state index contributed by atoms with van der Waals surface area (Å²) in [6.07, 6.45) is 5.98. The highest BCUT2D eigenvalue weighted by Crippen LogP contribution is 2.15. The number of hydrogen-bond acceptors (Lipinski definition) is 4. The number of aryl methyl sites for hydroxylation is 1. The summed E-state index contributed by atoms with van der Waals surface area (Å²) >= 11 is 0. The normalized spacial score (nSPS) is 13.2. The fourth-order valence-electron chi connectivity index (χ4n) is 2.20. The number of aromatic nitrogens is 2. The molecule has 0 aliphatic heterocycles. The van der Waals surface area contributed by atoms with Crippen LogP contribution in [0.25, 0.3) is 0 Å². The SMILES string of the molecule is CCCn1ccnc1C(CCN(CC)CC)NN. The van der Waals surface area contributed by atoms with Gasteiger partial charge in [-0.1, -0.05) is 20.8 Å². The number of imidazole rings is 1. The Hall–Kier alpha value is -0.910. The van der Waals surface area contributed by atoms with Gasteiger partial charge in [-0.2, -0.15) is 0 Å². The highest BCUT2D eigenvalue weighted by Gasteiger charge is 2.16. The van der Waals surface area contributed by atoms with Crippen LogP contribution in [0.4, 0.5) is 0 Å². The Morgan fingerprint density at radius 2 is 2.11 bits per heavy atom. The Morgan fingerprint density at radius 1 is 1.39 bits per heavy atom. The lowest BCUT2D eigenvalue weighted by atomic mass is 10.2. The Balaban J connectivity index is 2.61. The van der Waals surface area contributed by atoms with Crippen LogP contribution in [0, 0.1) is 0 Å². The maximum absolute atomic E-state index is 5.68. The predicted octanol–water partition coefficient (Wildman–Crippen LogP) is 1.53. The molecule has 0 radical (unpaired) electrons. The molecule has 1 aromatic rings. The minimum absolute atomic E-state index is 0.132. The van der Waals surface area contributed by atoms with Gasteiger partial charge in [0.15, 0.2) is 0 Å². The van der Waals surface area contributed by atoms with Gasteiger partial charge in [-0.25, -0.2) is 10.4 Å². The molecule has 0 saturated carbocycles. The zero-order valence-electron chi connectivity index (χ0n) is 11.9. The molecular weight excluding hydrogens is 226 g/mol. The molecule has 0 aliphatic carbocycles. The molecule has 0 amide bonds. The summed E-state index contributed by atoms with van der Waals surface area (Å²) < 4.78 is 2.19. The van der Waals surface area contributed by atoms with Crippen molar-refractivity contribution in [2.45, 2.75) is 46.2 Å². The fraction of sp³-hybridized carbons (Fsp3) is 0.769. The molecule has 104 valence electrons. The van der Waals surface area contributed by atoms with Gasteiger partial charge in [0.2, 0.25) is 0 Å². The Labute approximate surface area is 110 Å². The molecule has 0 spiro atoms. The lowest BCUT2D eigenvalue weighted by molar-refractivity contribution is 0.278. The monoisotopic (exact) mass is 253 g/mol. The summed E-state index contributed by atoms with van der Waals surface area (Å²) in [5.41, 5.74) is 2.90. The van der Waals surface area contributed by atoms with E-state index in [-0.39, 0.29) is 6.04 Å². The summed E-state index contributed by atoms with van der Waals surface area (Å²) in [7, 11) is 0. The summed E-state index contributed by atoms with van der Waals surface area (Å²) in [6.45, 7) is 10.7. The van der Waals surface area contributed by atoms with Crippen LogP contribution in [-0.2, 0) is 6.54 Å². The van der Waals surface area contributed by atoms with E-state index in [1.165, 1.54) is 0 Å². The quantitative estimate of drug-likeness (QED) is 0.517. The zero-order valence-corrected chi connectivity index (χ0v) is 11.9. The van der Waals surface area contributed by atoms with Crippen molar-refractivity contribution in [1.29, 1.82) is 0 Å². The summed E-state index contributed by atoms with van der Waals surface area (Å²) in [5, 5.41) is 0. The van der Waals surface area contributed by atoms with Gasteiger partial charge in [0, 0.05) is 25.5 Å². The van der Waals surface area contributed by atoms with Crippen molar-refractivity contribution in [2.24, 2.45) is 5.84 Å². The van der Waals surface area contributed by atoms with Gasteiger partial charge in [0.1, 0.15) is 5.82 Å². The first-order valence-electron chi connectivity index (χ1n) is 6.96. The van der Waals surface area contributed by atoms with Crippen LogP contribution in [0.15, 0.2) is 12.4 Å². The van der Waals surface area contributed by atoms with Crippen LogP contribution in [0.1, 0.15) is 45.5 Å². The van der Waals surface area contributed by atoms with Gasteiger partial charge >= 0.3 is 0 Å². The van der Waals surface area contributed by atoms with Crippen LogP contribution >= 0.6 is 0 Å². The average molecular weight is 253 g/mol. The first-order chi connectivity index (χ1) is 8.76. The molecule has 5 nitrogen and oxygen atoms in total. The van der Waals surface area contributed by atoms with E-state index in [0.29, 0.717) is 0 Å². The fourth-order valence-corrected chi connectivity index (χ4v) is 2.20. The van der Waals surface area contributed by atoms with Crippen molar-refractivity contribution in [3.8, 4) is 0 Å². The minimum atomic E-state index is 0.132. The van der Waals surface area contributed by atoms with Crippen molar-refractivity contribution in [2.75, 3.05) is 19.6 Å². The van der Waals surface area contributed by atoms with Gasteiger partial charge in [-0.15, -0.1) is 0 Å². The second-order valence-corrected chi connectivity index (χ2v) is 4.51. The molecule has 1 rings (SSSR count). The van der Waals surface area contributed by atoms with Crippen molar-refractivity contribution in [3.63, 3.8) is 0 Å². The molecule has 0 fully saturated rings. The standard InChI is InChI=1S/C13H27N5/c1-4-9-18-11-8-15-13(18)12(16-14)7-10-17(5-2)6-3/h8,11-12,16H,4-7,9-10,14H2,1-3H3. The van der Waals surface area contributed by atoms with E-state index in [9.17, 15) is 0 Å². The number of nitrogens with zero attached hydrogens (tertiary/aromatic N) is 3. The predicted molar refractivity (Wildman–Crippen MR) is 75.0 cm³/mol. The first-order valence-corrected chi connectivity index (χ1v) is 6.96. The van der Waals surface area contributed by atoms with E-state index in [4.69, 9.17) is 5.84 Å². The molecule has 0 aromatic carbocycles. The van der Waals surface area contributed by atoms with Crippen LogP contribution in [0.5, 0.6) is 0 Å². The van der Waals surface area contributed by atoms with E-state index in [1.54, 1.807) is 0 Å². The Kier molecular flexibility index (Phi) is 6.93. The summed E-state index contributed by atoms with van der Waals surface area (Å²) in [6, 6.07) is 0.132. The molecule has 1 heterocycles. The molecular formula is C13H27N5. The Morgan fingerprint density at radius 3 is 2.67 bits per heavy atom. The third-order valence-corrected chi connectivity index (χ3v) is 3.35. The largest absolute Gasteiger partial charge is 0.334 e. The molecule has 18 heavy (non-hydrogen) atoms. The molecule has 0 saturated heterocycles. The topological polar surface area (TPSA) is 59.1 Å². The highest BCUT2D eigenvalue weighted by atomic mass is 15.3. The number of nitrogens with one attached hydrogen (secondary N) is 1. The molecule has 1 aromatic heterocycles. The minimum Gasteiger partial charge on any atom is -0.334 e. The Bertz CT molecular complexity index is 319. The van der Waals surface area contributed by atoms with Crippen molar-refractivity contribution in [1.82, 2.24) is 19.9 Å². The number of rotatable bonds is 9. The average Bonchev–Trinajstić information content (AvgIpc) is 2.84. The van der Waals surface area contributed by atoms with Crippen LogP contribution in [0.3, 0.4) is 0 Å². The summed E-state index contributed by atoms with van der Waals surface area (Å²) in [4.78, 5) is 6.84. The van der Waals surface area contributed by atoms with Crippen molar-refractivity contribution in [3.05, 3.63) is 18.2 Å². The molecule has 3 N–H and O–H groups in total. The maximum atomic E-state index is 5.68. The summed E-state index contributed by atoms with van der Waals surface area (Å²) in [5.74, 6) is 6.72. The van der Waals surface area contributed by atoms with E-state index in [0.717, 1.165) is 44.8 Å². The second-order valence-electron chi connectivity index (χ2n) is 4.51. The van der Waals surface area contributed by atoms with E-state index < -0.39 is 0 Å². The number of nitrogens with two attached hydrogens (primary N) is 1. The smallest absolute Gasteiger partial charge is 0.127 e. The van der Waals surface area contributed by atoms with Crippen LogP contribution in [-0.4, -0.2) is 34.1 Å². The number of hydrogen-bond donors (Lipinski definition) is 2. The van der Waals surface area contributed by atoms with Gasteiger partial charge in [0.25, 0.3) is 0 Å². The highest BCUT2D eigenvalue weighted by molar-refractivity contribution is 4.99. The third kappa shape index (κ3) is 4.08. The lowest BCUT2D eigenvalue weighted by Gasteiger charge is -2.22. The maximum Gasteiger partial charge on any atom is 0.127 e. The van der Waals surface area contributed by atoms with Crippen LogP contribution < -0.4 is 11.3 Å². The molecule has 1 unspecified atom stereocenters. The van der Waals surface area contributed by atoms with Gasteiger partial charge in [-0.05, 0) is 25.9 Å². The number of hydrazine groups is 1. The molecule has 0 aliphatic rings. The molecule has 1 atom stereocenters. The van der Waals surface area contributed by atoms with E-state index >= 15 is 0 Å². The van der Waals surface area contributed by atoms with Gasteiger partial charge < -0.3 is 9.47 Å². The van der Waals surface area contributed by atoms with Gasteiger partial charge in [0.05, 0.1) is 6.04 Å². The van der Waals surface area contributed by atoms with Gasteiger partial charge in [-0.3, -0.25) is 5.84 Å². The van der Waals surface area contributed by atoms with Crippen LogP contribution in [0.2, 0.25) is 0 Å². The first kappa shape index (κ1) is 15.1. The van der Waals surface area contributed by atoms with E-state index in [2.05, 4.69) is 40.6 Å². The zero-order chi connectivity index (χ0) is 13.4. The van der Waals surface area contributed by atoms with Crippen molar-refractivity contribution < 1.29 is 0 Å². The molecule has 5 heteroatoms. The van der Waals surface area contributed by atoms with E-state index in [1.807, 2.05) is 12.4 Å².